The van der Waals surface area contributed by atoms with Gasteiger partial charge in [0.1, 0.15) is 0 Å². The van der Waals surface area contributed by atoms with Crippen molar-refractivity contribution < 1.29 is 0 Å². The van der Waals surface area contributed by atoms with Crippen molar-refractivity contribution in [2.45, 2.75) is 13.3 Å². The van der Waals surface area contributed by atoms with Crippen molar-refractivity contribution in [1.29, 1.82) is 0 Å². The molecule has 2 aromatic rings. The summed E-state index contributed by atoms with van der Waals surface area (Å²) >= 11 is 0. The number of nitrogens with one attached hydrogen (secondary N) is 1. The highest BCUT2D eigenvalue weighted by atomic mass is 15.0. The Hall–Kier alpha value is -1.87. The van der Waals surface area contributed by atoms with E-state index in [4.69, 9.17) is 0 Å². The van der Waals surface area contributed by atoms with Gasteiger partial charge in [0.25, 0.3) is 0 Å². The van der Waals surface area contributed by atoms with Gasteiger partial charge in [-0.3, -0.25) is 0 Å². The molecule has 94 valence electrons. The lowest BCUT2D eigenvalue weighted by molar-refractivity contribution is 0.730. The molecule has 0 spiro atoms. The molecule has 18 heavy (non-hydrogen) atoms. The minimum Gasteiger partial charge on any atom is -0.313 e. The van der Waals surface area contributed by atoms with Crippen LogP contribution >= 0.6 is 0 Å². The quantitative estimate of drug-likeness (QED) is 0.788. The van der Waals surface area contributed by atoms with Gasteiger partial charge in [-0.25, -0.2) is 4.98 Å². The Morgan fingerprint density at radius 2 is 2.11 bits per heavy atom. The fraction of sp³-hybridized carbons (Fsp3) is 0.267. The summed E-state index contributed by atoms with van der Waals surface area (Å²) < 4.78 is 2.00. The van der Waals surface area contributed by atoms with Crippen molar-refractivity contribution in [3.63, 3.8) is 0 Å². The molecule has 0 fully saturated rings. The molecule has 0 aliphatic carbocycles. The summed E-state index contributed by atoms with van der Waals surface area (Å²) in [5, 5.41) is 3.34. The standard InChI is InChI=1S/C15H19N3/c1-2-9-16-10-3-4-14-5-7-15(8-6-14)18-12-11-17-13-18/h3-8,11-13,16H,2,9-10H2,1H3. The van der Waals surface area contributed by atoms with Crippen LogP contribution in [0.3, 0.4) is 0 Å². The Balaban J connectivity index is 1.92. The molecule has 0 unspecified atom stereocenters. The van der Waals surface area contributed by atoms with Crippen LogP contribution in [0.25, 0.3) is 11.8 Å². The van der Waals surface area contributed by atoms with Gasteiger partial charge in [0, 0.05) is 24.6 Å². The van der Waals surface area contributed by atoms with E-state index >= 15 is 0 Å². The van der Waals surface area contributed by atoms with Gasteiger partial charge < -0.3 is 9.88 Å². The number of rotatable bonds is 6. The first-order valence-corrected chi connectivity index (χ1v) is 6.36. The SMILES string of the molecule is CCCNCC=Cc1ccc(-n2ccnc2)cc1. The van der Waals surface area contributed by atoms with Gasteiger partial charge in [-0.05, 0) is 30.7 Å². The second-order valence-corrected chi connectivity index (χ2v) is 4.17. The van der Waals surface area contributed by atoms with Crippen LogP contribution in [0.5, 0.6) is 0 Å². The van der Waals surface area contributed by atoms with Crippen molar-refractivity contribution in [2.75, 3.05) is 13.1 Å². The maximum Gasteiger partial charge on any atom is 0.0991 e. The minimum absolute atomic E-state index is 0.928. The van der Waals surface area contributed by atoms with E-state index in [2.05, 4.69) is 53.6 Å². The highest BCUT2D eigenvalue weighted by Crippen LogP contribution is 2.10. The molecule has 0 saturated carbocycles. The van der Waals surface area contributed by atoms with Gasteiger partial charge in [-0.1, -0.05) is 31.2 Å². The number of benzene rings is 1. The molecule has 0 aliphatic heterocycles. The van der Waals surface area contributed by atoms with Crippen molar-refractivity contribution in [2.24, 2.45) is 0 Å². The number of aromatic nitrogens is 2. The van der Waals surface area contributed by atoms with Gasteiger partial charge in [0.2, 0.25) is 0 Å². The fourth-order valence-electron chi connectivity index (χ4n) is 1.73. The lowest BCUT2D eigenvalue weighted by Crippen LogP contribution is -2.13. The summed E-state index contributed by atoms with van der Waals surface area (Å²) in [6, 6.07) is 8.43. The van der Waals surface area contributed by atoms with Crippen LogP contribution in [0.4, 0.5) is 0 Å². The van der Waals surface area contributed by atoms with Crippen LogP contribution in [0.2, 0.25) is 0 Å². The van der Waals surface area contributed by atoms with E-state index in [9.17, 15) is 0 Å². The summed E-state index contributed by atoms with van der Waals surface area (Å²) in [5.74, 6) is 0. The summed E-state index contributed by atoms with van der Waals surface area (Å²) in [6.07, 6.45) is 11.0. The second-order valence-electron chi connectivity index (χ2n) is 4.17. The number of hydrogen-bond acceptors (Lipinski definition) is 2. The number of hydrogen-bond donors (Lipinski definition) is 1. The van der Waals surface area contributed by atoms with Gasteiger partial charge in [0.15, 0.2) is 0 Å². The van der Waals surface area contributed by atoms with E-state index in [-0.39, 0.29) is 0 Å². The first-order valence-electron chi connectivity index (χ1n) is 6.36. The van der Waals surface area contributed by atoms with E-state index in [1.165, 1.54) is 12.0 Å². The molecule has 0 saturated heterocycles. The van der Waals surface area contributed by atoms with Crippen molar-refractivity contribution in [3.8, 4) is 5.69 Å². The van der Waals surface area contributed by atoms with Crippen LogP contribution in [-0.2, 0) is 0 Å². The Morgan fingerprint density at radius 3 is 2.78 bits per heavy atom. The molecule has 3 heteroatoms. The molecular weight excluding hydrogens is 222 g/mol. The smallest absolute Gasteiger partial charge is 0.0991 e. The average Bonchev–Trinajstić information content (AvgIpc) is 2.93. The Kier molecular flexibility index (Phi) is 4.73. The molecule has 0 bridgehead atoms. The molecule has 0 atom stereocenters. The predicted molar refractivity (Wildman–Crippen MR) is 75.8 cm³/mol. The summed E-state index contributed by atoms with van der Waals surface area (Å²) in [5.41, 5.74) is 2.35. The molecular formula is C15H19N3. The maximum atomic E-state index is 4.04. The Morgan fingerprint density at radius 1 is 1.28 bits per heavy atom. The van der Waals surface area contributed by atoms with Crippen LogP contribution in [0, 0.1) is 0 Å². The van der Waals surface area contributed by atoms with Gasteiger partial charge in [-0.15, -0.1) is 0 Å². The first kappa shape index (κ1) is 12.6. The largest absolute Gasteiger partial charge is 0.313 e. The maximum absolute atomic E-state index is 4.04. The van der Waals surface area contributed by atoms with Crippen LogP contribution < -0.4 is 5.32 Å². The van der Waals surface area contributed by atoms with Gasteiger partial charge in [-0.2, -0.15) is 0 Å². The van der Waals surface area contributed by atoms with E-state index in [1.807, 2.05) is 10.8 Å². The molecule has 1 aromatic carbocycles. The monoisotopic (exact) mass is 241 g/mol. The molecule has 3 nitrogen and oxygen atoms in total. The number of imidazole rings is 1. The molecule has 2 rings (SSSR count). The van der Waals surface area contributed by atoms with Crippen LogP contribution in [0.15, 0.2) is 49.1 Å². The normalized spacial score (nSPS) is 11.2. The third kappa shape index (κ3) is 3.57. The van der Waals surface area contributed by atoms with Crippen LogP contribution in [-0.4, -0.2) is 22.6 Å². The Bertz CT molecular complexity index is 469. The molecule has 0 amide bonds. The number of nitrogens with zero attached hydrogens (tertiary/aromatic N) is 2. The highest BCUT2D eigenvalue weighted by molar-refractivity contribution is 5.51. The zero-order valence-corrected chi connectivity index (χ0v) is 10.7. The van der Waals surface area contributed by atoms with Crippen LogP contribution in [0.1, 0.15) is 18.9 Å². The molecule has 0 radical (unpaired) electrons. The third-order valence-electron chi connectivity index (χ3n) is 2.69. The minimum atomic E-state index is 0.928. The zero-order chi connectivity index (χ0) is 12.6. The zero-order valence-electron chi connectivity index (χ0n) is 10.7. The van der Waals surface area contributed by atoms with Crippen molar-refractivity contribution in [1.82, 2.24) is 14.9 Å². The molecule has 0 aliphatic rings. The van der Waals surface area contributed by atoms with E-state index in [0.717, 1.165) is 18.8 Å². The first-order chi connectivity index (χ1) is 8.90. The lowest BCUT2D eigenvalue weighted by atomic mass is 10.2. The molecule has 1 heterocycles. The van der Waals surface area contributed by atoms with Crippen molar-refractivity contribution >= 4 is 6.08 Å². The van der Waals surface area contributed by atoms with Gasteiger partial charge in [0.05, 0.1) is 6.33 Å². The molecule has 1 aromatic heterocycles. The second kappa shape index (κ2) is 6.77. The van der Waals surface area contributed by atoms with Crippen molar-refractivity contribution in [3.05, 3.63) is 54.6 Å². The topological polar surface area (TPSA) is 29.9 Å². The third-order valence-corrected chi connectivity index (χ3v) is 2.69. The summed E-state index contributed by atoms with van der Waals surface area (Å²) in [4.78, 5) is 4.04. The highest BCUT2D eigenvalue weighted by Gasteiger charge is 1.94. The van der Waals surface area contributed by atoms with Gasteiger partial charge >= 0.3 is 0 Å². The van der Waals surface area contributed by atoms with E-state index < -0.39 is 0 Å². The predicted octanol–water partition coefficient (Wildman–Crippen LogP) is 2.89. The average molecular weight is 241 g/mol. The summed E-state index contributed by atoms with van der Waals surface area (Å²) in [6.45, 7) is 4.17. The molecule has 1 N–H and O–H groups in total. The fourth-order valence-corrected chi connectivity index (χ4v) is 1.73. The van der Waals surface area contributed by atoms with E-state index in [1.54, 1.807) is 12.5 Å². The lowest BCUT2D eigenvalue weighted by Gasteiger charge is -2.02. The van der Waals surface area contributed by atoms with E-state index in [0.29, 0.717) is 0 Å². The Labute approximate surface area is 108 Å². The summed E-state index contributed by atoms with van der Waals surface area (Å²) in [7, 11) is 0.